The Kier molecular flexibility index (Phi) is 7.00. The first-order valence-corrected chi connectivity index (χ1v) is 11.5. The van der Waals surface area contributed by atoms with Gasteiger partial charge >= 0.3 is 0 Å². The van der Waals surface area contributed by atoms with E-state index in [1.165, 1.54) is 11.3 Å². The van der Waals surface area contributed by atoms with E-state index >= 15 is 0 Å². The van der Waals surface area contributed by atoms with E-state index in [0.29, 0.717) is 26.7 Å². The number of aromatic nitrogens is 3. The van der Waals surface area contributed by atoms with Gasteiger partial charge in [0.05, 0.1) is 18.2 Å². The second kappa shape index (κ2) is 9.91. The Morgan fingerprint density at radius 3 is 2.72 bits per heavy atom. The zero-order valence-electron chi connectivity index (χ0n) is 18.3. The maximum Gasteiger partial charge on any atom is 0.188 e. The summed E-state index contributed by atoms with van der Waals surface area (Å²) >= 11 is 7.58. The van der Waals surface area contributed by atoms with Crippen molar-refractivity contribution in [3.63, 3.8) is 0 Å². The number of hydrogen-bond acceptors (Lipinski definition) is 9. The smallest absolute Gasteiger partial charge is 0.188 e. The minimum absolute atomic E-state index is 0.0117. The summed E-state index contributed by atoms with van der Waals surface area (Å²) < 4.78 is 0. The molecular formula is C22H25ClN6O2S. The second-order valence-electron chi connectivity index (χ2n) is 7.55. The van der Waals surface area contributed by atoms with Gasteiger partial charge in [-0.2, -0.15) is 5.06 Å². The SMILES string of the molecule is CON1CCN(c2cc(Nc3ncc(C(=O)Cc4c(C)cccc4Cl)s3)nc(C)n2)CC1. The molecule has 0 spiro atoms. The lowest BCUT2D eigenvalue weighted by atomic mass is 10.0. The molecular weight excluding hydrogens is 448 g/mol. The van der Waals surface area contributed by atoms with Crippen LogP contribution in [-0.4, -0.2) is 59.1 Å². The fraction of sp³-hybridized carbons (Fsp3) is 0.364. The fourth-order valence-corrected chi connectivity index (χ4v) is 4.64. The maximum absolute atomic E-state index is 12.8. The van der Waals surface area contributed by atoms with E-state index in [2.05, 4.69) is 25.2 Å². The summed E-state index contributed by atoms with van der Waals surface area (Å²) in [6, 6.07) is 7.56. The van der Waals surface area contributed by atoms with Crippen LogP contribution in [0.15, 0.2) is 30.5 Å². The van der Waals surface area contributed by atoms with Crippen molar-refractivity contribution >= 4 is 45.5 Å². The number of benzene rings is 1. The number of ketones is 1. The molecule has 0 unspecified atom stereocenters. The van der Waals surface area contributed by atoms with Gasteiger partial charge in [0.15, 0.2) is 10.9 Å². The number of thiazole rings is 1. The summed E-state index contributed by atoms with van der Waals surface area (Å²) in [5, 5.41) is 6.37. The lowest BCUT2D eigenvalue weighted by Gasteiger charge is -2.33. The minimum atomic E-state index is -0.0117. The highest BCUT2D eigenvalue weighted by Crippen LogP contribution is 2.27. The molecule has 1 aliphatic rings. The molecule has 10 heteroatoms. The Labute approximate surface area is 196 Å². The summed E-state index contributed by atoms with van der Waals surface area (Å²) in [5.74, 6) is 2.17. The second-order valence-corrected chi connectivity index (χ2v) is 8.98. The molecule has 2 aromatic heterocycles. The van der Waals surface area contributed by atoms with Crippen LogP contribution in [0, 0.1) is 13.8 Å². The van der Waals surface area contributed by atoms with E-state index in [0.717, 1.165) is 43.1 Å². The number of piperazine rings is 1. The van der Waals surface area contributed by atoms with Crippen molar-refractivity contribution < 1.29 is 9.63 Å². The van der Waals surface area contributed by atoms with Crippen LogP contribution in [0.4, 0.5) is 16.8 Å². The number of hydroxylamine groups is 2. The first-order valence-electron chi connectivity index (χ1n) is 10.3. The number of nitrogens with one attached hydrogen (secondary N) is 1. The standard InChI is InChI=1S/C22H25ClN6O2S/c1-14-5-4-6-17(23)16(14)11-18(30)19-13-24-22(32-19)27-20-12-21(26-15(2)25-20)28-7-9-29(31-3)10-8-28/h4-6,12-13H,7-11H2,1-3H3,(H,24,25,26,27). The topological polar surface area (TPSA) is 83.5 Å². The number of hydrogen-bond donors (Lipinski definition) is 1. The number of halogens is 1. The number of nitrogens with zero attached hydrogens (tertiary/aromatic N) is 5. The van der Waals surface area contributed by atoms with E-state index in [9.17, 15) is 4.79 Å². The van der Waals surface area contributed by atoms with Gasteiger partial charge in [-0.15, -0.1) is 0 Å². The average Bonchev–Trinajstić information content (AvgIpc) is 3.24. The Bertz CT molecular complexity index is 1090. The first-order chi connectivity index (χ1) is 15.4. The number of aryl methyl sites for hydroxylation is 2. The molecule has 1 N–H and O–H groups in total. The normalized spacial score (nSPS) is 14.6. The highest BCUT2D eigenvalue weighted by molar-refractivity contribution is 7.17. The van der Waals surface area contributed by atoms with Crippen LogP contribution in [0.5, 0.6) is 0 Å². The van der Waals surface area contributed by atoms with Crippen molar-refractivity contribution in [2.75, 3.05) is 43.5 Å². The zero-order valence-corrected chi connectivity index (χ0v) is 19.8. The third-order valence-electron chi connectivity index (χ3n) is 5.35. The number of Topliss-reactive ketones (excluding diaryl/α,β-unsaturated/α-hetero) is 1. The molecule has 0 amide bonds. The Morgan fingerprint density at radius 2 is 2.00 bits per heavy atom. The van der Waals surface area contributed by atoms with Crippen molar-refractivity contribution in [2.45, 2.75) is 20.3 Å². The van der Waals surface area contributed by atoms with Gasteiger partial charge in [-0.1, -0.05) is 35.1 Å². The van der Waals surface area contributed by atoms with E-state index in [1.54, 1.807) is 19.4 Å². The molecule has 1 aliphatic heterocycles. The first kappa shape index (κ1) is 22.6. The summed E-state index contributed by atoms with van der Waals surface area (Å²) in [6.45, 7) is 7.08. The van der Waals surface area contributed by atoms with Gasteiger partial charge in [0.1, 0.15) is 17.5 Å². The zero-order chi connectivity index (χ0) is 22.7. The molecule has 0 radical (unpaired) electrons. The Balaban J connectivity index is 1.45. The Morgan fingerprint density at radius 1 is 1.22 bits per heavy atom. The molecule has 8 nitrogen and oxygen atoms in total. The Hall–Kier alpha value is -2.59. The fourth-order valence-electron chi connectivity index (χ4n) is 3.59. The van der Waals surface area contributed by atoms with Crippen LogP contribution in [0.3, 0.4) is 0 Å². The van der Waals surface area contributed by atoms with E-state index in [1.807, 2.05) is 37.1 Å². The largest absolute Gasteiger partial charge is 0.354 e. The van der Waals surface area contributed by atoms with E-state index in [-0.39, 0.29) is 12.2 Å². The van der Waals surface area contributed by atoms with Gasteiger partial charge < -0.3 is 15.1 Å². The van der Waals surface area contributed by atoms with E-state index < -0.39 is 0 Å². The maximum atomic E-state index is 12.8. The highest BCUT2D eigenvalue weighted by Gasteiger charge is 2.19. The molecule has 1 saturated heterocycles. The van der Waals surface area contributed by atoms with Gasteiger partial charge in [-0.3, -0.25) is 4.79 Å². The molecule has 168 valence electrons. The van der Waals surface area contributed by atoms with Crippen molar-refractivity contribution in [3.05, 3.63) is 57.3 Å². The van der Waals surface area contributed by atoms with Gasteiger partial charge in [0, 0.05) is 43.7 Å². The summed E-state index contributed by atoms with van der Waals surface area (Å²) in [6.07, 6.45) is 1.85. The van der Waals surface area contributed by atoms with Crippen LogP contribution in [0.1, 0.15) is 26.6 Å². The van der Waals surface area contributed by atoms with Crippen LogP contribution >= 0.6 is 22.9 Å². The third-order valence-corrected chi connectivity index (χ3v) is 6.66. The predicted molar refractivity (Wildman–Crippen MR) is 127 cm³/mol. The average molecular weight is 473 g/mol. The van der Waals surface area contributed by atoms with Crippen LogP contribution in [-0.2, 0) is 11.3 Å². The van der Waals surface area contributed by atoms with Crippen LogP contribution < -0.4 is 10.2 Å². The summed E-state index contributed by atoms with van der Waals surface area (Å²) in [4.78, 5) is 34.3. The summed E-state index contributed by atoms with van der Waals surface area (Å²) in [5.41, 5.74) is 1.86. The van der Waals surface area contributed by atoms with E-state index in [4.69, 9.17) is 16.4 Å². The molecule has 3 heterocycles. The monoisotopic (exact) mass is 472 g/mol. The molecule has 0 saturated carbocycles. The van der Waals surface area contributed by atoms with Crippen molar-refractivity contribution in [1.82, 2.24) is 20.0 Å². The van der Waals surface area contributed by atoms with Gasteiger partial charge in [0.2, 0.25) is 0 Å². The lowest BCUT2D eigenvalue weighted by Crippen LogP contribution is -2.46. The molecule has 1 aromatic carbocycles. The molecule has 4 rings (SSSR count). The molecule has 32 heavy (non-hydrogen) atoms. The van der Waals surface area contributed by atoms with Gasteiger partial charge in [-0.05, 0) is 31.0 Å². The number of anilines is 3. The number of carbonyl (C=O) groups excluding carboxylic acids is 1. The van der Waals surface area contributed by atoms with Gasteiger partial charge in [0.25, 0.3) is 0 Å². The lowest BCUT2D eigenvalue weighted by molar-refractivity contribution is -0.133. The molecule has 3 aromatic rings. The highest BCUT2D eigenvalue weighted by atomic mass is 35.5. The molecule has 0 aliphatic carbocycles. The minimum Gasteiger partial charge on any atom is -0.354 e. The number of rotatable bonds is 7. The molecule has 1 fully saturated rings. The van der Waals surface area contributed by atoms with Crippen molar-refractivity contribution in [2.24, 2.45) is 0 Å². The third kappa shape index (κ3) is 5.24. The number of carbonyl (C=O) groups is 1. The van der Waals surface area contributed by atoms with Crippen LogP contribution in [0.2, 0.25) is 5.02 Å². The van der Waals surface area contributed by atoms with Crippen LogP contribution in [0.25, 0.3) is 0 Å². The van der Waals surface area contributed by atoms with Crippen molar-refractivity contribution in [3.8, 4) is 0 Å². The molecule has 0 bridgehead atoms. The quantitative estimate of drug-likeness (QED) is 0.515. The predicted octanol–water partition coefficient (Wildman–Crippen LogP) is 4.06. The molecule has 0 atom stereocenters. The van der Waals surface area contributed by atoms with Crippen molar-refractivity contribution in [1.29, 1.82) is 0 Å². The summed E-state index contributed by atoms with van der Waals surface area (Å²) in [7, 11) is 1.69. The van der Waals surface area contributed by atoms with Gasteiger partial charge in [-0.25, -0.2) is 15.0 Å².